The first-order chi connectivity index (χ1) is 7.43. The number of ketones is 1. The Morgan fingerprint density at radius 2 is 1.94 bits per heavy atom. The summed E-state index contributed by atoms with van der Waals surface area (Å²) in [5.74, 6) is -3.24. The first kappa shape index (κ1) is 12.0. The number of hydrogen-bond acceptors (Lipinski definition) is 4. The Hall–Kier alpha value is -2.04. The minimum Gasteiger partial charge on any atom is -0.504 e. The summed E-state index contributed by atoms with van der Waals surface area (Å²) in [6, 6.07) is 4.00. The molecule has 0 aromatic heterocycles. The number of phenols is 2. The molecular weight excluding hydrogens is 212 g/mol. The van der Waals surface area contributed by atoms with Crippen molar-refractivity contribution in [1.82, 2.24) is 0 Å². The summed E-state index contributed by atoms with van der Waals surface area (Å²) >= 11 is 0. The van der Waals surface area contributed by atoms with Gasteiger partial charge >= 0.3 is 5.97 Å². The maximum absolute atomic E-state index is 11.7. The molecule has 5 heteroatoms. The van der Waals surface area contributed by atoms with Gasteiger partial charge in [-0.25, -0.2) is 0 Å². The number of phenolic OH excluding ortho intramolecular Hbond substituents is 2. The predicted molar refractivity (Wildman–Crippen MR) is 55.5 cm³/mol. The first-order valence-electron chi connectivity index (χ1n) is 4.70. The molecule has 0 fully saturated rings. The van der Waals surface area contributed by atoms with E-state index in [1.165, 1.54) is 25.1 Å². The summed E-state index contributed by atoms with van der Waals surface area (Å²) in [5, 5.41) is 27.2. The van der Waals surface area contributed by atoms with Gasteiger partial charge in [0.25, 0.3) is 0 Å². The third-order valence-corrected chi connectivity index (χ3v) is 2.21. The van der Waals surface area contributed by atoms with Gasteiger partial charge < -0.3 is 15.3 Å². The number of aromatic hydroxyl groups is 2. The quantitative estimate of drug-likeness (QED) is 0.530. The Morgan fingerprint density at radius 3 is 2.50 bits per heavy atom. The molecule has 0 aliphatic rings. The van der Waals surface area contributed by atoms with E-state index in [1.54, 1.807) is 0 Å². The number of carbonyl (C=O) groups is 2. The average Bonchev–Trinajstić information content (AvgIpc) is 2.20. The molecule has 0 aliphatic heterocycles. The van der Waals surface area contributed by atoms with Crippen molar-refractivity contribution in [2.45, 2.75) is 13.3 Å². The van der Waals surface area contributed by atoms with Crippen molar-refractivity contribution in [3.63, 3.8) is 0 Å². The molecule has 0 radical (unpaired) electrons. The standard InChI is InChI=1S/C11H12O5/c1-6(5-9(13)14)10(15)7-3-2-4-8(12)11(7)16/h2-4,6,12,16H,5H2,1H3,(H,13,14)/t6-/m0/s1. The highest BCUT2D eigenvalue weighted by Crippen LogP contribution is 2.30. The minimum absolute atomic E-state index is 0.0613. The maximum Gasteiger partial charge on any atom is 0.304 e. The predicted octanol–water partition coefficient (Wildman–Crippen LogP) is 1.39. The summed E-state index contributed by atoms with van der Waals surface area (Å²) in [6.07, 6.45) is -0.312. The van der Waals surface area contributed by atoms with Crippen molar-refractivity contribution in [2.24, 2.45) is 5.92 Å². The fourth-order valence-electron chi connectivity index (χ4n) is 1.35. The molecule has 1 atom stereocenters. The molecule has 0 spiro atoms. The lowest BCUT2D eigenvalue weighted by Crippen LogP contribution is -2.15. The fourth-order valence-corrected chi connectivity index (χ4v) is 1.35. The highest BCUT2D eigenvalue weighted by molar-refractivity contribution is 6.01. The molecule has 1 aromatic carbocycles. The Labute approximate surface area is 92.0 Å². The number of hydrogen-bond donors (Lipinski definition) is 3. The van der Waals surface area contributed by atoms with Gasteiger partial charge in [0.05, 0.1) is 12.0 Å². The Morgan fingerprint density at radius 1 is 1.31 bits per heavy atom. The number of carboxylic acids is 1. The Kier molecular flexibility index (Phi) is 3.50. The van der Waals surface area contributed by atoms with E-state index in [0.29, 0.717) is 0 Å². The summed E-state index contributed by atoms with van der Waals surface area (Å²) in [4.78, 5) is 22.2. The van der Waals surface area contributed by atoms with E-state index in [0.717, 1.165) is 0 Å². The second-order valence-electron chi connectivity index (χ2n) is 3.54. The third kappa shape index (κ3) is 2.50. The number of aliphatic carboxylic acids is 1. The number of para-hydroxylation sites is 1. The van der Waals surface area contributed by atoms with Crippen LogP contribution in [0.1, 0.15) is 23.7 Å². The van der Waals surface area contributed by atoms with Gasteiger partial charge in [0, 0.05) is 5.92 Å². The van der Waals surface area contributed by atoms with Gasteiger partial charge in [-0.2, -0.15) is 0 Å². The van der Waals surface area contributed by atoms with Gasteiger partial charge in [0.2, 0.25) is 0 Å². The number of carbonyl (C=O) groups excluding carboxylic acids is 1. The minimum atomic E-state index is -1.08. The van der Waals surface area contributed by atoms with E-state index >= 15 is 0 Å². The van der Waals surface area contributed by atoms with Crippen LogP contribution in [0.5, 0.6) is 11.5 Å². The van der Waals surface area contributed by atoms with E-state index in [1.807, 2.05) is 0 Å². The van der Waals surface area contributed by atoms with Crippen molar-refractivity contribution in [3.05, 3.63) is 23.8 Å². The van der Waals surface area contributed by atoms with Crippen LogP contribution in [0.3, 0.4) is 0 Å². The van der Waals surface area contributed by atoms with Crippen LogP contribution < -0.4 is 0 Å². The Bertz CT molecular complexity index is 424. The van der Waals surface area contributed by atoms with Crippen LogP contribution in [0.2, 0.25) is 0 Å². The molecule has 5 nitrogen and oxygen atoms in total. The molecule has 3 N–H and O–H groups in total. The molecule has 0 bridgehead atoms. The molecule has 1 rings (SSSR count). The van der Waals surface area contributed by atoms with Gasteiger partial charge in [-0.05, 0) is 12.1 Å². The molecular formula is C11H12O5. The fraction of sp³-hybridized carbons (Fsp3) is 0.273. The Balaban J connectivity index is 2.96. The number of carboxylic acid groups (broad SMARTS) is 1. The summed E-state index contributed by atoms with van der Waals surface area (Å²) < 4.78 is 0. The van der Waals surface area contributed by atoms with E-state index in [2.05, 4.69) is 0 Å². The first-order valence-corrected chi connectivity index (χ1v) is 4.70. The molecule has 0 amide bonds. The van der Waals surface area contributed by atoms with Gasteiger partial charge in [-0.15, -0.1) is 0 Å². The number of rotatable bonds is 4. The summed E-state index contributed by atoms with van der Waals surface area (Å²) in [7, 11) is 0. The van der Waals surface area contributed by atoms with Crippen LogP contribution in [0.25, 0.3) is 0 Å². The van der Waals surface area contributed by atoms with Crippen molar-refractivity contribution in [1.29, 1.82) is 0 Å². The van der Waals surface area contributed by atoms with Crippen LogP contribution in [0.15, 0.2) is 18.2 Å². The summed E-state index contributed by atoms with van der Waals surface area (Å²) in [5.41, 5.74) is -0.0613. The van der Waals surface area contributed by atoms with E-state index in [9.17, 15) is 19.8 Å². The zero-order valence-corrected chi connectivity index (χ0v) is 8.67. The van der Waals surface area contributed by atoms with E-state index < -0.39 is 29.2 Å². The van der Waals surface area contributed by atoms with Crippen LogP contribution in [0.4, 0.5) is 0 Å². The number of benzene rings is 1. The highest BCUT2D eigenvalue weighted by atomic mass is 16.4. The average molecular weight is 224 g/mol. The summed E-state index contributed by atoms with van der Waals surface area (Å²) in [6.45, 7) is 1.46. The van der Waals surface area contributed by atoms with E-state index in [4.69, 9.17) is 5.11 Å². The molecule has 0 unspecified atom stereocenters. The highest BCUT2D eigenvalue weighted by Gasteiger charge is 2.21. The maximum atomic E-state index is 11.7. The van der Waals surface area contributed by atoms with Crippen LogP contribution in [-0.4, -0.2) is 27.1 Å². The lowest BCUT2D eigenvalue weighted by Gasteiger charge is -2.09. The lowest BCUT2D eigenvalue weighted by molar-refractivity contribution is -0.137. The molecule has 0 saturated carbocycles. The zero-order valence-electron chi connectivity index (χ0n) is 8.67. The molecule has 16 heavy (non-hydrogen) atoms. The molecule has 0 saturated heterocycles. The third-order valence-electron chi connectivity index (χ3n) is 2.21. The monoisotopic (exact) mass is 224 g/mol. The zero-order chi connectivity index (χ0) is 12.3. The second kappa shape index (κ2) is 4.65. The van der Waals surface area contributed by atoms with Gasteiger partial charge in [0.1, 0.15) is 0 Å². The smallest absolute Gasteiger partial charge is 0.304 e. The second-order valence-corrected chi connectivity index (χ2v) is 3.54. The van der Waals surface area contributed by atoms with Crippen LogP contribution in [-0.2, 0) is 4.79 Å². The van der Waals surface area contributed by atoms with Gasteiger partial charge in [-0.1, -0.05) is 13.0 Å². The molecule has 0 aliphatic carbocycles. The van der Waals surface area contributed by atoms with Gasteiger partial charge in [-0.3, -0.25) is 9.59 Å². The van der Waals surface area contributed by atoms with Crippen molar-refractivity contribution >= 4 is 11.8 Å². The van der Waals surface area contributed by atoms with Gasteiger partial charge in [0.15, 0.2) is 17.3 Å². The lowest BCUT2D eigenvalue weighted by atomic mass is 9.95. The SMILES string of the molecule is C[C@@H](CC(=O)O)C(=O)c1cccc(O)c1O. The largest absolute Gasteiger partial charge is 0.504 e. The van der Waals surface area contributed by atoms with Crippen molar-refractivity contribution < 1.29 is 24.9 Å². The molecule has 1 aromatic rings. The van der Waals surface area contributed by atoms with Crippen molar-refractivity contribution in [2.75, 3.05) is 0 Å². The number of Topliss-reactive ketones (excluding diaryl/α,β-unsaturated/α-hetero) is 1. The molecule has 86 valence electrons. The topological polar surface area (TPSA) is 94.8 Å². The normalized spacial score (nSPS) is 12.1. The van der Waals surface area contributed by atoms with Crippen LogP contribution in [0, 0.1) is 5.92 Å². The molecule has 0 heterocycles. The van der Waals surface area contributed by atoms with Crippen LogP contribution >= 0.6 is 0 Å². The van der Waals surface area contributed by atoms with Crippen molar-refractivity contribution in [3.8, 4) is 11.5 Å². The van der Waals surface area contributed by atoms with E-state index in [-0.39, 0.29) is 12.0 Å².